The Morgan fingerprint density at radius 3 is 2.56 bits per heavy atom. The lowest BCUT2D eigenvalue weighted by molar-refractivity contribution is 0.0789. The molecule has 0 spiro atoms. The Labute approximate surface area is 155 Å². The number of carbonyl (C=O) groups excluding carboxylic acids is 1. The van der Waals surface area contributed by atoms with Crippen molar-refractivity contribution in [2.75, 3.05) is 46.5 Å². The van der Waals surface area contributed by atoms with Crippen LogP contribution in [-0.4, -0.2) is 70.7 Å². The van der Waals surface area contributed by atoms with Gasteiger partial charge in [0.1, 0.15) is 0 Å². The standard InChI is InChI=1S/C17H27N3O3S2/c1-19(2)10-6-9-18-25(22,23)14-7-8-16(24-3)15(13-14)17(21)20-11-4-5-12-20/h7-8,13,18H,4-6,9-12H2,1-3H3. The van der Waals surface area contributed by atoms with Crippen molar-refractivity contribution in [3.05, 3.63) is 23.8 Å². The highest BCUT2D eigenvalue weighted by Gasteiger charge is 2.24. The number of nitrogens with one attached hydrogen (secondary N) is 1. The Balaban J connectivity index is 2.18. The summed E-state index contributed by atoms with van der Waals surface area (Å²) in [5.74, 6) is -0.0773. The summed E-state index contributed by atoms with van der Waals surface area (Å²) in [4.78, 5) is 17.5. The van der Waals surface area contributed by atoms with Crippen LogP contribution in [0.5, 0.6) is 0 Å². The minimum absolute atomic E-state index is 0.0773. The van der Waals surface area contributed by atoms with Crippen LogP contribution in [-0.2, 0) is 10.0 Å². The Kier molecular flexibility index (Phi) is 7.30. The molecule has 140 valence electrons. The average molecular weight is 386 g/mol. The Morgan fingerprint density at radius 1 is 1.28 bits per heavy atom. The molecule has 6 nitrogen and oxygen atoms in total. The first-order valence-electron chi connectivity index (χ1n) is 8.47. The van der Waals surface area contributed by atoms with Crippen molar-refractivity contribution in [2.24, 2.45) is 0 Å². The second-order valence-corrected chi connectivity index (χ2v) is 9.03. The largest absolute Gasteiger partial charge is 0.339 e. The van der Waals surface area contributed by atoms with E-state index in [-0.39, 0.29) is 10.8 Å². The number of thioether (sulfide) groups is 1. The maximum atomic E-state index is 12.7. The Hall–Kier alpha value is -1.09. The smallest absolute Gasteiger partial charge is 0.255 e. The van der Waals surface area contributed by atoms with Crippen molar-refractivity contribution in [3.8, 4) is 0 Å². The molecule has 1 aliphatic heterocycles. The van der Waals surface area contributed by atoms with Gasteiger partial charge in [0.25, 0.3) is 5.91 Å². The maximum absolute atomic E-state index is 12.7. The van der Waals surface area contributed by atoms with E-state index in [1.54, 1.807) is 17.0 Å². The molecule has 25 heavy (non-hydrogen) atoms. The van der Waals surface area contributed by atoms with Gasteiger partial charge in [-0.25, -0.2) is 13.1 Å². The topological polar surface area (TPSA) is 69.7 Å². The average Bonchev–Trinajstić information content (AvgIpc) is 3.12. The van der Waals surface area contributed by atoms with Gasteiger partial charge >= 0.3 is 0 Å². The third kappa shape index (κ3) is 5.44. The second-order valence-electron chi connectivity index (χ2n) is 6.42. The highest BCUT2D eigenvalue weighted by atomic mass is 32.2. The zero-order chi connectivity index (χ0) is 18.4. The van der Waals surface area contributed by atoms with E-state index >= 15 is 0 Å². The van der Waals surface area contributed by atoms with E-state index in [4.69, 9.17) is 0 Å². The lowest BCUT2D eigenvalue weighted by Crippen LogP contribution is -2.29. The van der Waals surface area contributed by atoms with Gasteiger partial charge in [-0.2, -0.15) is 0 Å². The molecular weight excluding hydrogens is 358 g/mol. The molecule has 1 fully saturated rings. The first kappa shape index (κ1) is 20.2. The molecule has 0 bridgehead atoms. The van der Waals surface area contributed by atoms with Gasteiger partial charge in [0.15, 0.2) is 0 Å². The van der Waals surface area contributed by atoms with Crippen LogP contribution in [0.3, 0.4) is 0 Å². The Morgan fingerprint density at radius 2 is 1.96 bits per heavy atom. The van der Waals surface area contributed by atoms with Crippen LogP contribution in [0.2, 0.25) is 0 Å². The Bertz CT molecular complexity index is 699. The fourth-order valence-corrected chi connectivity index (χ4v) is 4.47. The minimum atomic E-state index is -3.61. The number of rotatable bonds is 8. The summed E-state index contributed by atoms with van der Waals surface area (Å²) in [6.07, 6.45) is 4.63. The monoisotopic (exact) mass is 385 g/mol. The molecule has 1 amide bonds. The molecule has 0 unspecified atom stereocenters. The summed E-state index contributed by atoms with van der Waals surface area (Å²) >= 11 is 1.46. The lowest BCUT2D eigenvalue weighted by atomic mass is 10.2. The van der Waals surface area contributed by atoms with Gasteiger partial charge in [-0.05, 0) is 64.4 Å². The SMILES string of the molecule is CSc1ccc(S(=O)(=O)NCCCN(C)C)cc1C(=O)N1CCCC1. The summed E-state index contributed by atoms with van der Waals surface area (Å²) in [5.41, 5.74) is 0.477. The molecule has 0 aliphatic carbocycles. The number of likely N-dealkylation sites (tertiary alicyclic amines) is 1. The van der Waals surface area contributed by atoms with Gasteiger partial charge in [-0.15, -0.1) is 11.8 Å². The zero-order valence-corrected chi connectivity index (χ0v) is 16.8. The fourth-order valence-electron chi connectivity index (χ4n) is 2.80. The summed E-state index contributed by atoms with van der Waals surface area (Å²) in [7, 11) is 0.289. The molecule has 1 saturated heterocycles. The van der Waals surface area contributed by atoms with Crippen molar-refractivity contribution < 1.29 is 13.2 Å². The van der Waals surface area contributed by atoms with Crippen molar-refractivity contribution in [3.63, 3.8) is 0 Å². The predicted molar refractivity (Wildman–Crippen MR) is 102 cm³/mol. The van der Waals surface area contributed by atoms with Crippen LogP contribution in [0.25, 0.3) is 0 Å². The van der Waals surface area contributed by atoms with Crippen LogP contribution in [0.4, 0.5) is 0 Å². The summed E-state index contributed by atoms with van der Waals surface area (Å²) < 4.78 is 27.6. The number of sulfonamides is 1. The summed E-state index contributed by atoms with van der Waals surface area (Å²) in [5, 5.41) is 0. The summed E-state index contributed by atoms with van der Waals surface area (Å²) in [6, 6.07) is 4.81. The predicted octanol–water partition coefficient (Wildman–Crippen LogP) is 1.87. The van der Waals surface area contributed by atoms with Gasteiger partial charge in [0, 0.05) is 24.5 Å². The molecule has 0 saturated carbocycles. The van der Waals surface area contributed by atoms with E-state index in [1.807, 2.05) is 25.3 Å². The molecule has 2 rings (SSSR count). The molecule has 8 heteroatoms. The summed E-state index contributed by atoms with van der Waals surface area (Å²) in [6.45, 7) is 2.67. The van der Waals surface area contributed by atoms with Crippen LogP contribution in [0.1, 0.15) is 29.6 Å². The van der Waals surface area contributed by atoms with Crippen LogP contribution in [0.15, 0.2) is 28.0 Å². The van der Waals surface area contributed by atoms with Gasteiger partial charge in [-0.3, -0.25) is 4.79 Å². The van der Waals surface area contributed by atoms with Gasteiger partial charge in [-0.1, -0.05) is 0 Å². The molecule has 1 N–H and O–H groups in total. The minimum Gasteiger partial charge on any atom is -0.339 e. The number of hydrogen-bond acceptors (Lipinski definition) is 5. The highest BCUT2D eigenvalue weighted by molar-refractivity contribution is 7.98. The van der Waals surface area contributed by atoms with E-state index in [2.05, 4.69) is 4.72 Å². The molecule has 0 radical (unpaired) electrons. The van der Waals surface area contributed by atoms with Crippen LogP contribution in [0, 0.1) is 0 Å². The molecule has 1 aromatic rings. The first-order valence-corrected chi connectivity index (χ1v) is 11.2. The van der Waals surface area contributed by atoms with E-state index in [9.17, 15) is 13.2 Å². The van der Waals surface area contributed by atoms with Crippen molar-refractivity contribution >= 4 is 27.7 Å². The van der Waals surface area contributed by atoms with Crippen molar-refractivity contribution in [1.29, 1.82) is 0 Å². The second kappa shape index (κ2) is 9.02. The van der Waals surface area contributed by atoms with E-state index in [0.29, 0.717) is 12.1 Å². The molecule has 1 aromatic carbocycles. The van der Waals surface area contributed by atoms with Crippen LogP contribution >= 0.6 is 11.8 Å². The normalized spacial score (nSPS) is 15.1. The number of benzene rings is 1. The fraction of sp³-hybridized carbons (Fsp3) is 0.588. The molecule has 1 aliphatic rings. The molecule has 0 aromatic heterocycles. The van der Waals surface area contributed by atoms with Crippen molar-refractivity contribution in [2.45, 2.75) is 29.1 Å². The molecule has 1 heterocycles. The molecule has 0 atom stereocenters. The van der Waals surface area contributed by atoms with Crippen molar-refractivity contribution in [1.82, 2.24) is 14.5 Å². The number of carbonyl (C=O) groups is 1. The third-order valence-electron chi connectivity index (χ3n) is 4.18. The zero-order valence-electron chi connectivity index (χ0n) is 15.1. The van der Waals surface area contributed by atoms with Gasteiger partial charge in [0.2, 0.25) is 10.0 Å². The van der Waals surface area contributed by atoms with E-state index in [0.717, 1.165) is 43.8 Å². The van der Waals surface area contributed by atoms with Gasteiger partial charge in [0.05, 0.1) is 10.5 Å². The van der Waals surface area contributed by atoms with Gasteiger partial charge < -0.3 is 9.80 Å². The maximum Gasteiger partial charge on any atom is 0.255 e. The van der Waals surface area contributed by atoms with E-state index < -0.39 is 10.0 Å². The number of amides is 1. The first-order chi connectivity index (χ1) is 11.8. The lowest BCUT2D eigenvalue weighted by Gasteiger charge is -2.18. The highest BCUT2D eigenvalue weighted by Crippen LogP contribution is 2.26. The number of hydrogen-bond donors (Lipinski definition) is 1. The molecular formula is C17H27N3O3S2. The number of nitrogens with zero attached hydrogens (tertiary/aromatic N) is 2. The van der Waals surface area contributed by atoms with Crippen LogP contribution < -0.4 is 4.72 Å². The van der Waals surface area contributed by atoms with E-state index in [1.165, 1.54) is 17.8 Å². The third-order valence-corrected chi connectivity index (χ3v) is 6.43. The quantitative estimate of drug-likeness (QED) is 0.546.